The van der Waals surface area contributed by atoms with Crippen LogP contribution in [0.2, 0.25) is 5.02 Å². The summed E-state index contributed by atoms with van der Waals surface area (Å²) in [6, 6.07) is 10.00. The van der Waals surface area contributed by atoms with E-state index < -0.39 is 23.6 Å². The highest BCUT2D eigenvalue weighted by atomic mass is 35.5. The molecule has 2 heterocycles. The maximum atomic E-state index is 14.5. The topological polar surface area (TPSA) is 59.2 Å². The predicted octanol–water partition coefficient (Wildman–Crippen LogP) is 6.58. The van der Waals surface area contributed by atoms with Crippen LogP contribution in [0.25, 0.3) is 22.6 Å². The van der Waals surface area contributed by atoms with Gasteiger partial charge in [-0.3, -0.25) is 4.98 Å². The van der Waals surface area contributed by atoms with Crippen molar-refractivity contribution in [2.24, 2.45) is 0 Å². The second-order valence-electron chi connectivity index (χ2n) is 6.21. The molecule has 0 aliphatic heterocycles. The molecule has 4 aromatic rings. The van der Waals surface area contributed by atoms with Crippen LogP contribution in [0.15, 0.2) is 65.4 Å². The zero-order chi connectivity index (χ0) is 22.5. The zero-order valence-corrected chi connectivity index (χ0v) is 17.4. The van der Waals surface area contributed by atoms with E-state index in [0.717, 1.165) is 18.2 Å². The van der Waals surface area contributed by atoms with Crippen LogP contribution in [0.3, 0.4) is 0 Å². The Balaban J connectivity index is 0.00000132. The molecule has 0 aliphatic carbocycles. The first-order chi connectivity index (χ1) is 15.0. The highest BCUT2D eigenvalue weighted by Gasteiger charge is 2.29. The lowest BCUT2D eigenvalue weighted by Crippen LogP contribution is -2.04. The van der Waals surface area contributed by atoms with Crippen LogP contribution in [-0.2, 0) is 0 Å². The summed E-state index contributed by atoms with van der Waals surface area (Å²) in [6.45, 7) is 4.00. The molecule has 1 atom stereocenters. The van der Waals surface area contributed by atoms with Gasteiger partial charge in [0, 0.05) is 34.6 Å². The van der Waals surface area contributed by atoms with Crippen molar-refractivity contribution in [3.05, 3.63) is 94.5 Å². The first-order valence-corrected chi connectivity index (χ1v) is 9.82. The highest BCUT2D eigenvalue weighted by molar-refractivity contribution is 6.30. The summed E-state index contributed by atoms with van der Waals surface area (Å²) in [4.78, 5) is 3.95. The minimum atomic E-state index is -1.36. The Labute approximate surface area is 181 Å². The van der Waals surface area contributed by atoms with E-state index in [0.29, 0.717) is 11.6 Å². The van der Waals surface area contributed by atoms with Gasteiger partial charge in [-0.15, -0.1) is 0 Å². The number of hydrogen-bond acceptors (Lipinski definition) is 4. The van der Waals surface area contributed by atoms with Crippen LogP contribution in [0, 0.1) is 17.5 Å². The molecule has 8 heteroatoms. The van der Waals surface area contributed by atoms with Gasteiger partial charge >= 0.3 is 0 Å². The van der Waals surface area contributed by atoms with E-state index in [9.17, 15) is 18.3 Å². The van der Waals surface area contributed by atoms with Crippen molar-refractivity contribution in [3.63, 3.8) is 0 Å². The lowest BCUT2D eigenvalue weighted by atomic mass is 9.94. The normalized spacial score (nSPS) is 11.6. The molecule has 1 N–H and O–H groups in total. The van der Waals surface area contributed by atoms with Gasteiger partial charge in [-0.1, -0.05) is 36.7 Å². The van der Waals surface area contributed by atoms with E-state index in [4.69, 9.17) is 16.1 Å². The number of aromatic nitrogens is 2. The van der Waals surface area contributed by atoms with Gasteiger partial charge in [0.05, 0.1) is 11.1 Å². The van der Waals surface area contributed by atoms with Crippen molar-refractivity contribution in [2.75, 3.05) is 0 Å². The lowest BCUT2D eigenvalue weighted by Gasteiger charge is -2.13. The molecule has 0 amide bonds. The van der Waals surface area contributed by atoms with Gasteiger partial charge in [0.1, 0.15) is 29.2 Å². The zero-order valence-electron chi connectivity index (χ0n) is 16.6. The second kappa shape index (κ2) is 9.76. The maximum absolute atomic E-state index is 14.5. The summed E-state index contributed by atoms with van der Waals surface area (Å²) in [5, 5.41) is 15.0. The van der Waals surface area contributed by atoms with Crippen molar-refractivity contribution < 1.29 is 22.8 Å². The number of nitrogens with zero attached hydrogens (tertiary/aromatic N) is 2. The quantitative estimate of drug-likeness (QED) is 0.384. The van der Waals surface area contributed by atoms with Crippen molar-refractivity contribution in [3.8, 4) is 22.6 Å². The fourth-order valence-electron chi connectivity index (χ4n) is 3.00. The standard InChI is InChI=1S/C21H12ClF3N2O2.C2H6/c22-12-3-5-14(16(24)8-12)19-18(20(28)11-2-1-7-26-10-11)21(29-27-19)15-6-4-13(23)9-17(15)25;1-2/h1-10,20,28H;1-2H3. The number of aliphatic hydroxyl groups is 1. The molecule has 1 unspecified atom stereocenters. The second-order valence-corrected chi connectivity index (χ2v) is 6.65. The minimum absolute atomic E-state index is 0.00450. The molecule has 0 spiro atoms. The molecule has 160 valence electrons. The first kappa shape index (κ1) is 22.5. The third-order valence-corrected chi connectivity index (χ3v) is 4.60. The Bertz CT molecular complexity index is 1110. The molecule has 0 aliphatic rings. The molecule has 2 aromatic heterocycles. The summed E-state index contributed by atoms with van der Waals surface area (Å²) in [6.07, 6.45) is 1.56. The van der Waals surface area contributed by atoms with Crippen molar-refractivity contribution in [2.45, 2.75) is 20.0 Å². The third-order valence-electron chi connectivity index (χ3n) is 4.36. The van der Waals surface area contributed by atoms with Gasteiger partial charge in [0.25, 0.3) is 0 Å². The maximum Gasteiger partial charge on any atom is 0.176 e. The van der Waals surface area contributed by atoms with E-state index in [1.165, 1.54) is 24.5 Å². The predicted molar refractivity (Wildman–Crippen MR) is 112 cm³/mol. The van der Waals surface area contributed by atoms with Crippen molar-refractivity contribution in [1.29, 1.82) is 0 Å². The summed E-state index contributed by atoms with van der Waals surface area (Å²) < 4.78 is 47.6. The molecule has 0 saturated carbocycles. The van der Waals surface area contributed by atoms with Gasteiger partial charge in [0.15, 0.2) is 5.76 Å². The average molecular weight is 447 g/mol. The Morgan fingerprint density at radius 1 is 0.968 bits per heavy atom. The number of halogens is 4. The van der Waals surface area contributed by atoms with E-state index >= 15 is 0 Å². The van der Waals surface area contributed by atoms with E-state index in [-0.39, 0.29) is 33.2 Å². The van der Waals surface area contributed by atoms with E-state index in [2.05, 4.69) is 10.1 Å². The Hall–Kier alpha value is -3.16. The third kappa shape index (κ3) is 4.62. The Morgan fingerprint density at radius 3 is 2.32 bits per heavy atom. The fraction of sp³-hybridized carbons (Fsp3) is 0.130. The Morgan fingerprint density at radius 2 is 1.68 bits per heavy atom. The van der Waals surface area contributed by atoms with Crippen LogP contribution in [0.5, 0.6) is 0 Å². The van der Waals surface area contributed by atoms with E-state index in [1.807, 2.05) is 13.8 Å². The van der Waals surface area contributed by atoms with Crippen LogP contribution < -0.4 is 0 Å². The minimum Gasteiger partial charge on any atom is -0.383 e. The van der Waals surface area contributed by atoms with Gasteiger partial charge in [0.2, 0.25) is 0 Å². The summed E-state index contributed by atoms with van der Waals surface area (Å²) in [7, 11) is 0. The Kier molecular flexibility index (Phi) is 7.09. The number of rotatable bonds is 4. The summed E-state index contributed by atoms with van der Waals surface area (Å²) in [5.41, 5.74) is 0.219. The number of hydrogen-bond donors (Lipinski definition) is 1. The smallest absolute Gasteiger partial charge is 0.176 e. The monoisotopic (exact) mass is 446 g/mol. The van der Waals surface area contributed by atoms with Gasteiger partial charge in [-0.25, -0.2) is 13.2 Å². The molecule has 0 radical (unpaired) electrons. The molecule has 0 fully saturated rings. The number of benzene rings is 2. The molecule has 0 saturated heterocycles. The molecule has 4 nitrogen and oxygen atoms in total. The van der Waals surface area contributed by atoms with Crippen LogP contribution >= 0.6 is 11.6 Å². The lowest BCUT2D eigenvalue weighted by molar-refractivity contribution is 0.220. The summed E-state index contributed by atoms with van der Waals surface area (Å²) in [5.74, 6) is -2.53. The molecular formula is C23H18ClF3N2O2. The SMILES string of the molecule is CC.OC(c1cccnc1)c1c(-c2ccc(Cl)cc2F)noc1-c1ccc(F)cc1F. The van der Waals surface area contributed by atoms with Crippen molar-refractivity contribution in [1.82, 2.24) is 10.1 Å². The van der Waals surface area contributed by atoms with Crippen LogP contribution in [0.1, 0.15) is 31.1 Å². The number of pyridine rings is 1. The molecule has 4 rings (SSSR count). The molecule has 2 aromatic carbocycles. The number of aliphatic hydroxyl groups excluding tert-OH is 1. The van der Waals surface area contributed by atoms with Crippen molar-refractivity contribution >= 4 is 11.6 Å². The first-order valence-electron chi connectivity index (χ1n) is 9.44. The fourth-order valence-corrected chi connectivity index (χ4v) is 3.16. The molecular weight excluding hydrogens is 429 g/mol. The summed E-state index contributed by atoms with van der Waals surface area (Å²) >= 11 is 5.81. The van der Waals surface area contributed by atoms with Crippen LogP contribution in [-0.4, -0.2) is 15.2 Å². The van der Waals surface area contributed by atoms with E-state index in [1.54, 1.807) is 12.1 Å². The molecule has 31 heavy (non-hydrogen) atoms. The largest absolute Gasteiger partial charge is 0.383 e. The average Bonchev–Trinajstić information content (AvgIpc) is 3.19. The van der Waals surface area contributed by atoms with Gasteiger partial charge in [-0.2, -0.15) is 0 Å². The van der Waals surface area contributed by atoms with Gasteiger partial charge < -0.3 is 9.63 Å². The molecule has 0 bridgehead atoms. The van der Waals surface area contributed by atoms with Crippen LogP contribution in [0.4, 0.5) is 13.2 Å². The van der Waals surface area contributed by atoms with Gasteiger partial charge in [-0.05, 0) is 36.4 Å². The highest BCUT2D eigenvalue weighted by Crippen LogP contribution is 2.40.